The minimum atomic E-state index is -3.07. The monoisotopic (exact) mass is 211 g/mol. The summed E-state index contributed by atoms with van der Waals surface area (Å²) >= 11 is 5.40. The number of sulfonamides is 1. The number of nitrogens with one attached hydrogen (secondary N) is 1. The van der Waals surface area contributed by atoms with Crippen LogP contribution in [-0.2, 0) is 10.0 Å². The first-order valence-corrected chi connectivity index (χ1v) is 6.24. The molecule has 0 aliphatic heterocycles. The Labute approximate surface area is 78.5 Å². The van der Waals surface area contributed by atoms with Gasteiger partial charge in [0.1, 0.15) is 0 Å². The number of halogens is 1. The predicted molar refractivity (Wildman–Crippen MR) is 49.9 cm³/mol. The van der Waals surface area contributed by atoms with Crippen molar-refractivity contribution >= 4 is 21.6 Å². The van der Waals surface area contributed by atoms with E-state index in [2.05, 4.69) is 4.72 Å². The molecule has 0 bridgehead atoms. The summed E-state index contributed by atoms with van der Waals surface area (Å²) < 4.78 is 25.2. The third-order valence-corrected chi connectivity index (χ3v) is 3.85. The molecule has 0 aromatic heterocycles. The van der Waals surface area contributed by atoms with E-state index in [4.69, 9.17) is 11.6 Å². The maximum absolute atomic E-state index is 11.3. The second kappa shape index (κ2) is 3.52. The number of hydrogen-bond acceptors (Lipinski definition) is 2. The van der Waals surface area contributed by atoms with Crippen molar-refractivity contribution < 1.29 is 8.42 Å². The van der Waals surface area contributed by atoms with Gasteiger partial charge in [0, 0.05) is 11.4 Å². The number of alkyl halides is 1. The van der Waals surface area contributed by atoms with Crippen LogP contribution in [0.4, 0.5) is 0 Å². The second-order valence-electron chi connectivity index (χ2n) is 3.52. The molecule has 0 heterocycles. The Morgan fingerprint density at radius 1 is 1.50 bits per heavy atom. The van der Waals surface area contributed by atoms with Crippen LogP contribution in [0.3, 0.4) is 0 Å². The minimum Gasteiger partial charge on any atom is -0.212 e. The van der Waals surface area contributed by atoms with Gasteiger partial charge >= 0.3 is 0 Å². The molecule has 72 valence electrons. The minimum absolute atomic E-state index is 0.145. The molecule has 1 fully saturated rings. The average Bonchev–Trinajstić information content (AvgIpc) is 2.62. The highest BCUT2D eigenvalue weighted by molar-refractivity contribution is 7.89. The maximum atomic E-state index is 11.3. The molecular formula is C7H14ClNO2S. The fourth-order valence-electron chi connectivity index (χ4n) is 0.961. The van der Waals surface area contributed by atoms with Crippen LogP contribution in [0.5, 0.6) is 0 Å². The third kappa shape index (κ3) is 3.29. The number of hydrogen-bond donors (Lipinski definition) is 1. The van der Waals surface area contributed by atoms with Crippen molar-refractivity contribution in [2.45, 2.75) is 31.7 Å². The summed E-state index contributed by atoms with van der Waals surface area (Å²) in [4.78, 5) is 0. The molecule has 5 heteroatoms. The van der Waals surface area contributed by atoms with E-state index < -0.39 is 10.0 Å². The van der Waals surface area contributed by atoms with Crippen molar-refractivity contribution in [2.75, 3.05) is 11.6 Å². The van der Waals surface area contributed by atoms with Gasteiger partial charge in [-0.15, -0.1) is 11.6 Å². The summed E-state index contributed by atoms with van der Waals surface area (Å²) in [6.07, 6.45) is 2.42. The fraction of sp³-hybridized carbons (Fsp3) is 1.00. The van der Waals surface area contributed by atoms with Crippen LogP contribution in [0.15, 0.2) is 0 Å². The predicted octanol–water partition coefficient (Wildman–Crippen LogP) is 1.09. The molecule has 12 heavy (non-hydrogen) atoms. The maximum Gasteiger partial charge on any atom is 0.212 e. The largest absolute Gasteiger partial charge is 0.212 e. The SMILES string of the molecule is CC1(NS(=O)(=O)CCCCl)CC1. The Morgan fingerprint density at radius 2 is 2.08 bits per heavy atom. The molecule has 0 radical (unpaired) electrons. The molecule has 0 amide bonds. The third-order valence-electron chi connectivity index (χ3n) is 1.95. The van der Waals surface area contributed by atoms with Crippen LogP contribution < -0.4 is 4.72 Å². The topological polar surface area (TPSA) is 46.2 Å². The molecule has 0 aromatic carbocycles. The van der Waals surface area contributed by atoms with Gasteiger partial charge in [0.05, 0.1) is 5.75 Å². The molecule has 0 unspecified atom stereocenters. The Bertz CT molecular complexity index is 246. The smallest absolute Gasteiger partial charge is 0.212 e. The van der Waals surface area contributed by atoms with Crippen molar-refractivity contribution in [1.82, 2.24) is 4.72 Å². The molecule has 0 atom stereocenters. The van der Waals surface area contributed by atoms with E-state index in [9.17, 15) is 8.42 Å². The van der Waals surface area contributed by atoms with Crippen molar-refractivity contribution in [3.63, 3.8) is 0 Å². The van der Waals surface area contributed by atoms with Gasteiger partial charge in [-0.3, -0.25) is 0 Å². The molecule has 3 nitrogen and oxygen atoms in total. The van der Waals surface area contributed by atoms with Crippen LogP contribution >= 0.6 is 11.6 Å². The molecule has 1 N–H and O–H groups in total. The van der Waals surface area contributed by atoms with Crippen molar-refractivity contribution in [3.05, 3.63) is 0 Å². The van der Waals surface area contributed by atoms with Crippen molar-refractivity contribution in [3.8, 4) is 0 Å². The van der Waals surface area contributed by atoms with E-state index in [0.29, 0.717) is 12.3 Å². The van der Waals surface area contributed by atoms with Crippen LogP contribution in [0.1, 0.15) is 26.2 Å². The van der Waals surface area contributed by atoms with Gasteiger partial charge in [-0.2, -0.15) is 0 Å². The van der Waals surface area contributed by atoms with E-state index in [1.165, 1.54) is 0 Å². The lowest BCUT2D eigenvalue weighted by Gasteiger charge is -2.10. The molecule has 1 aliphatic rings. The van der Waals surface area contributed by atoms with E-state index in [1.54, 1.807) is 0 Å². The van der Waals surface area contributed by atoms with Gasteiger partial charge in [-0.05, 0) is 26.2 Å². The lowest BCUT2D eigenvalue weighted by molar-refractivity contribution is 0.557. The average molecular weight is 212 g/mol. The Morgan fingerprint density at radius 3 is 2.50 bits per heavy atom. The van der Waals surface area contributed by atoms with Crippen LogP contribution in [-0.4, -0.2) is 25.6 Å². The van der Waals surface area contributed by atoms with E-state index in [-0.39, 0.29) is 11.3 Å². The zero-order valence-electron chi connectivity index (χ0n) is 7.14. The Hall–Kier alpha value is 0.200. The standard InChI is InChI=1S/C7H14ClNO2S/c1-7(3-4-7)9-12(10,11)6-2-5-8/h9H,2-6H2,1H3. The summed E-state index contributed by atoms with van der Waals surface area (Å²) in [5, 5.41) is 0. The first-order chi connectivity index (χ1) is 5.47. The molecule has 1 saturated carbocycles. The molecule has 0 spiro atoms. The quantitative estimate of drug-likeness (QED) is 0.692. The Balaban J connectivity index is 2.38. The second-order valence-corrected chi connectivity index (χ2v) is 5.74. The lowest BCUT2D eigenvalue weighted by Crippen LogP contribution is -2.36. The summed E-state index contributed by atoms with van der Waals surface area (Å²) in [6.45, 7) is 1.92. The lowest BCUT2D eigenvalue weighted by atomic mass is 10.4. The summed E-state index contributed by atoms with van der Waals surface area (Å²) in [6, 6.07) is 0. The van der Waals surface area contributed by atoms with Crippen molar-refractivity contribution in [2.24, 2.45) is 0 Å². The summed E-state index contributed by atoms with van der Waals surface area (Å²) in [5.41, 5.74) is -0.148. The first-order valence-electron chi connectivity index (χ1n) is 4.05. The summed E-state index contributed by atoms with van der Waals surface area (Å²) in [5.74, 6) is 0.545. The number of rotatable bonds is 5. The fourth-order valence-corrected chi connectivity index (χ4v) is 2.83. The first kappa shape index (κ1) is 10.3. The van der Waals surface area contributed by atoms with Gasteiger partial charge in [-0.1, -0.05) is 0 Å². The van der Waals surface area contributed by atoms with E-state index >= 15 is 0 Å². The molecule has 1 aliphatic carbocycles. The van der Waals surface area contributed by atoms with Gasteiger partial charge in [0.2, 0.25) is 10.0 Å². The van der Waals surface area contributed by atoms with Crippen molar-refractivity contribution in [1.29, 1.82) is 0 Å². The highest BCUT2D eigenvalue weighted by Gasteiger charge is 2.40. The van der Waals surface area contributed by atoms with Gasteiger partial charge in [0.15, 0.2) is 0 Å². The molecule has 0 saturated heterocycles. The van der Waals surface area contributed by atoms with Gasteiger partial charge in [-0.25, -0.2) is 13.1 Å². The van der Waals surface area contributed by atoms with Gasteiger partial charge in [0.25, 0.3) is 0 Å². The van der Waals surface area contributed by atoms with Crippen LogP contribution in [0.25, 0.3) is 0 Å². The molecular weight excluding hydrogens is 198 g/mol. The van der Waals surface area contributed by atoms with Crippen LogP contribution in [0.2, 0.25) is 0 Å². The van der Waals surface area contributed by atoms with E-state index in [0.717, 1.165) is 12.8 Å². The van der Waals surface area contributed by atoms with Crippen LogP contribution in [0, 0.1) is 0 Å². The normalized spacial score (nSPS) is 20.8. The highest BCUT2D eigenvalue weighted by atomic mass is 35.5. The zero-order chi connectivity index (χ0) is 9.24. The molecule has 0 aromatic rings. The van der Waals surface area contributed by atoms with Gasteiger partial charge < -0.3 is 0 Å². The van der Waals surface area contributed by atoms with E-state index in [1.807, 2.05) is 6.92 Å². The summed E-state index contributed by atoms with van der Waals surface area (Å²) in [7, 11) is -3.07. The Kier molecular flexibility index (Phi) is 3.01. The highest BCUT2D eigenvalue weighted by Crippen LogP contribution is 2.35. The molecule has 1 rings (SSSR count). The zero-order valence-corrected chi connectivity index (χ0v) is 8.71.